The van der Waals surface area contributed by atoms with Gasteiger partial charge in [0, 0.05) is 0 Å². The Bertz CT molecular complexity index is 719. The molecule has 23 heavy (non-hydrogen) atoms. The summed E-state index contributed by atoms with van der Waals surface area (Å²) in [5.74, 6) is 0.298. The second-order valence-corrected chi connectivity index (χ2v) is 5.87. The molecule has 2 N–H and O–H groups in total. The van der Waals surface area contributed by atoms with Crippen molar-refractivity contribution >= 4 is 40.5 Å². The summed E-state index contributed by atoms with van der Waals surface area (Å²) in [4.78, 5) is 12.2. The SMILES string of the molecule is CC(C)Oc1ccccc1NC(=S)NC(=O)c1ccccc1Cl. The molecule has 0 saturated heterocycles. The first-order valence-corrected chi connectivity index (χ1v) is 7.88. The number of carbonyl (C=O) groups is 1. The minimum atomic E-state index is -0.365. The van der Waals surface area contributed by atoms with Crippen molar-refractivity contribution in [2.45, 2.75) is 20.0 Å². The first-order valence-electron chi connectivity index (χ1n) is 7.10. The topological polar surface area (TPSA) is 50.4 Å². The van der Waals surface area contributed by atoms with Gasteiger partial charge < -0.3 is 10.1 Å². The summed E-state index contributed by atoms with van der Waals surface area (Å²) in [6.07, 6.45) is 0.0317. The summed E-state index contributed by atoms with van der Waals surface area (Å²) in [5, 5.41) is 6.12. The molecule has 6 heteroatoms. The monoisotopic (exact) mass is 348 g/mol. The molecular formula is C17H17ClN2O2S. The molecule has 0 spiro atoms. The fourth-order valence-corrected chi connectivity index (χ4v) is 2.32. The number of anilines is 1. The number of para-hydroxylation sites is 2. The van der Waals surface area contributed by atoms with Crippen LogP contribution in [0.2, 0.25) is 5.02 Å². The quantitative estimate of drug-likeness (QED) is 0.811. The Balaban J connectivity index is 2.06. The van der Waals surface area contributed by atoms with Gasteiger partial charge in [-0.15, -0.1) is 0 Å². The standard InChI is InChI=1S/C17H17ClN2O2S/c1-11(2)22-15-10-6-5-9-14(15)19-17(23)20-16(21)12-7-3-4-8-13(12)18/h3-11H,1-2H3,(H2,19,20,21,23). The highest BCUT2D eigenvalue weighted by molar-refractivity contribution is 7.80. The maximum atomic E-state index is 12.2. The van der Waals surface area contributed by atoms with Crippen LogP contribution in [-0.2, 0) is 0 Å². The minimum Gasteiger partial charge on any atom is -0.489 e. The van der Waals surface area contributed by atoms with Crippen LogP contribution >= 0.6 is 23.8 Å². The normalized spacial score (nSPS) is 10.3. The van der Waals surface area contributed by atoms with Crippen LogP contribution < -0.4 is 15.4 Å². The number of rotatable bonds is 4. The largest absolute Gasteiger partial charge is 0.489 e. The van der Waals surface area contributed by atoms with E-state index in [0.717, 1.165) is 0 Å². The summed E-state index contributed by atoms with van der Waals surface area (Å²) >= 11 is 11.2. The van der Waals surface area contributed by atoms with Crippen molar-refractivity contribution in [2.24, 2.45) is 0 Å². The number of thiocarbonyl (C=S) groups is 1. The molecule has 0 bridgehead atoms. The van der Waals surface area contributed by atoms with E-state index in [0.29, 0.717) is 22.0 Å². The van der Waals surface area contributed by atoms with Crippen LogP contribution in [0, 0.1) is 0 Å². The number of halogens is 1. The first-order chi connectivity index (χ1) is 11.0. The average Bonchev–Trinajstić information content (AvgIpc) is 2.49. The van der Waals surface area contributed by atoms with Gasteiger partial charge in [-0.25, -0.2) is 0 Å². The third-order valence-electron chi connectivity index (χ3n) is 2.84. The van der Waals surface area contributed by atoms with E-state index in [1.54, 1.807) is 24.3 Å². The lowest BCUT2D eigenvalue weighted by atomic mass is 10.2. The zero-order valence-electron chi connectivity index (χ0n) is 12.8. The van der Waals surface area contributed by atoms with E-state index in [1.807, 2.05) is 38.1 Å². The van der Waals surface area contributed by atoms with Crippen LogP contribution in [0.15, 0.2) is 48.5 Å². The van der Waals surface area contributed by atoms with Gasteiger partial charge in [0.25, 0.3) is 5.91 Å². The molecule has 0 radical (unpaired) electrons. The van der Waals surface area contributed by atoms with Crippen molar-refractivity contribution in [1.82, 2.24) is 5.32 Å². The predicted molar refractivity (Wildman–Crippen MR) is 97.3 cm³/mol. The van der Waals surface area contributed by atoms with Crippen molar-refractivity contribution in [2.75, 3.05) is 5.32 Å². The van der Waals surface area contributed by atoms with Gasteiger partial charge in [0.05, 0.1) is 22.4 Å². The summed E-state index contributed by atoms with van der Waals surface area (Å²) in [5.41, 5.74) is 1.05. The molecule has 0 aliphatic carbocycles. The Morgan fingerprint density at radius 2 is 1.78 bits per heavy atom. The zero-order valence-corrected chi connectivity index (χ0v) is 14.4. The van der Waals surface area contributed by atoms with E-state index in [1.165, 1.54) is 0 Å². The van der Waals surface area contributed by atoms with Crippen molar-refractivity contribution in [3.05, 3.63) is 59.1 Å². The lowest BCUT2D eigenvalue weighted by Gasteiger charge is -2.16. The summed E-state index contributed by atoms with van der Waals surface area (Å²) in [6, 6.07) is 14.2. The van der Waals surface area contributed by atoms with Gasteiger partial charge in [0.15, 0.2) is 5.11 Å². The molecule has 0 aliphatic rings. The minimum absolute atomic E-state index is 0.0317. The Labute approximate surface area is 145 Å². The summed E-state index contributed by atoms with van der Waals surface area (Å²) < 4.78 is 5.70. The molecule has 2 aromatic carbocycles. The van der Waals surface area contributed by atoms with E-state index in [2.05, 4.69) is 10.6 Å². The van der Waals surface area contributed by atoms with Crippen LogP contribution in [0.5, 0.6) is 5.75 Å². The fourth-order valence-electron chi connectivity index (χ4n) is 1.90. The molecule has 0 atom stereocenters. The molecule has 0 fully saturated rings. The number of carbonyl (C=O) groups excluding carboxylic acids is 1. The van der Waals surface area contributed by atoms with Crippen molar-refractivity contribution in [1.29, 1.82) is 0 Å². The number of nitrogens with one attached hydrogen (secondary N) is 2. The molecule has 4 nitrogen and oxygen atoms in total. The average molecular weight is 349 g/mol. The van der Waals surface area contributed by atoms with Gasteiger partial charge in [0.2, 0.25) is 0 Å². The fraction of sp³-hybridized carbons (Fsp3) is 0.176. The third-order valence-corrected chi connectivity index (χ3v) is 3.38. The van der Waals surface area contributed by atoms with E-state index in [9.17, 15) is 4.79 Å². The van der Waals surface area contributed by atoms with Gasteiger partial charge in [-0.2, -0.15) is 0 Å². The van der Waals surface area contributed by atoms with E-state index in [-0.39, 0.29) is 17.1 Å². The number of amides is 1. The van der Waals surface area contributed by atoms with Crippen molar-refractivity contribution in [3.8, 4) is 5.75 Å². The van der Waals surface area contributed by atoms with Crippen LogP contribution in [-0.4, -0.2) is 17.1 Å². The Kier molecular flexibility index (Phi) is 5.96. The second-order valence-electron chi connectivity index (χ2n) is 5.05. The maximum absolute atomic E-state index is 12.2. The second kappa shape index (κ2) is 7.94. The lowest BCUT2D eigenvalue weighted by Crippen LogP contribution is -2.34. The van der Waals surface area contributed by atoms with Gasteiger partial charge in [-0.3, -0.25) is 10.1 Å². The van der Waals surface area contributed by atoms with Gasteiger partial charge in [0.1, 0.15) is 5.75 Å². The molecule has 2 rings (SSSR count). The Morgan fingerprint density at radius 1 is 1.13 bits per heavy atom. The number of ether oxygens (including phenoxy) is 1. The summed E-state index contributed by atoms with van der Waals surface area (Å²) in [6.45, 7) is 3.88. The lowest BCUT2D eigenvalue weighted by molar-refractivity contribution is 0.0978. The predicted octanol–water partition coefficient (Wildman–Crippen LogP) is 4.25. The number of hydrogen-bond acceptors (Lipinski definition) is 3. The van der Waals surface area contributed by atoms with Crippen molar-refractivity contribution < 1.29 is 9.53 Å². The summed E-state index contributed by atoms with van der Waals surface area (Å²) in [7, 11) is 0. The van der Waals surface area contributed by atoms with Crippen LogP contribution in [0.1, 0.15) is 24.2 Å². The Hall–Kier alpha value is -2.11. The molecule has 0 aromatic heterocycles. The third kappa shape index (κ3) is 4.94. The molecule has 120 valence electrons. The van der Waals surface area contributed by atoms with E-state index >= 15 is 0 Å². The number of hydrogen-bond donors (Lipinski definition) is 2. The van der Waals surface area contributed by atoms with Crippen LogP contribution in [0.3, 0.4) is 0 Å². The van der Waals surface area contributed by atoms with Crippen molar-refractivity contribution in [3.63, 3.8) is 0 Å². The van der Waals surface area contributed by atoms with Gasteiger partial charge in [-0.05, 0) is 50.3 Å². The molecule has 2 aromatic rings. The zero-order chi connectivity index (χ0) is 16.8. The molecule has 0 unspecified atom stereocenters. The molecular weight excluding hydrogens is 332 g/mol. The molecule has 0 heterocycles. The molecule has 1 amide bonds. The molecule has 0 aliphatic heterocycles. The van der Waals surface area contributed by atoms with Gasteiger partial charge >= 0.3 is 0 Å². The molecule has 0 saturated carbocycles. The Morgan fingerprint density at radius 3 is 2.48 bits per heavy atom. The van der Waals surface area contributed by atoms with E-state index in [4.69, 9.17) is 28.6 Å². The maximum Gasteiger partial charge on any atom is 0.258 e. The number of benzene rings is 2. The first kappa shape index (κ1) is 17.2. The van der Waals surface area contributed by atoms with Crippen LogP contribution in [0.4, 0.5) is 5.69 Å². The smallest absolute Gasteiger partial charge is 0.258 e. The highest BCUT2D eigenvalue weighted by Crippen LogP contribution is 2.24. The van der Waals surface area contributed by atoms with Gasteiger partial charge in [-0.1, -0.05) is 35.9 Å². The highest BCUT2D eigenvalue weighted by atomic mass is 35.5. The van der Waals surface area contributed by atoms with Crippen LogP contribution in [0.25, 0.3) is 0 Å². The highest BCUT2D eigenvalue weighted by Gasteiger charge is 2.12. The van der Waals surface area contributed by atoms with E-state index < -0.39 is 0 Å².